The molecule has 1 amide bonds. The van der Waals surface area contributed by atoms with E-state index in [2.05, 4.69) is 6.92 Å². The van der Waals surface area contributed by atoms with Gasteiger partial charge in [0.1, 0.15) is 0 Å². The standard InChI is InChI=1S/C28H55NO4S/c1-3-4-5-6-7-8-9-10-11-12-13-14-15-16-17-18-19-20-21-22-23-25-28(30)29(2)26-24-27-34(31,32)33/h23,25H,3-22,24,26-27H2,1-2H3,(H,31,32,33)/b25-23+. The van der Waals surface area contributed by atoms with E-state index < -0.39 is 10.1 Å². The second-order valence-corrected chi connectivity index (χ2v) is 11.5. The Morgan fingerprint density at radius 1 is 0.676 bits per heavy atom. The first-order valence-electron chi connectivity index (χ1n) is 14.2. The van der Waals surface area contributed by atoms with Crippen molar-refractivity contribution in [3.8, 4) is 0 Å². The highest BCUT2D eigenvalue weighted by atomic mass is 32.2. The van der Waals surface area contributed by atoms with Gasteiger partial charge in [0.15, 0.2) is 0 Å². The number of unbranched alkanes of at least 4 members (excludes halogenated alkanes) is 19. The zero-order valence-electron chi connectivity index (χ0n) is 22.4. The summed E-state index contributed by atoms with van der Waals surface area (Å²) >= 11 is 0. The molecule has 0 aliphatic carbocycles. The first-order valence-corrected chi connectivity index (χ1v) is 15.8. The number of amides is 1. The third kappa shape index (κ3) is 25.7. The molecule has 1 N–H and O–H groups in total. The molecule has 5 nitrogen and oxygen atoms in total. The highest BCUT2D eigenvalue weighted by Crippen LogP contribution is 2.14. The van der Waals surface area contributed by atoms with Gasteiger partial charge in [-0.05, 0) is 25.3 Å². The van der Waals surface area contributed by atoms with Gasteiger partial charge in [0.2, 0.25) is 5.91 Å². The maximum atomic E-state index is 11.9. The Kier molecular flexibility index (Phi) is 23.2. The van der Waals surface area contributed by atoms with Crippen LogP contribution >= 0.6 is 0 Å². The van der Waals surface area contributed by atoms with Gasteiger partial charge in [-0.3, -0.25) is 9.35 Å². The fourth-order valence-corrected chi connectivity index (χ4v) is 4.74. The summed E-state index contributed by atoms with van der Waals surface area (Å²) in [5.74, 6) is -0.429. The summed E-state index contributed by atoms with van der Waals surface area (Å²) in [7, 11) is -2.30. The molecule has 6 heteroatoms. The van der Waals surface area contributed by atoms with Gasteiger partial charge in [-0.2, -0.15) is 8.42 Å². The second kappa shape index (κ2) is 23.8. The average molecular weight is 502 g/mol. The number of likely N-dealkylation sites (N-methyl/N-ethyl adjacent to an activating group) is 1. The van der Waals surface area contributed by atoms with Crippen LogP contribution in [0.3, 0.4) is 0 Å². The molecule has 0 saturated heterocycles. The molecule has 0 saturated carbocycles. The number of carbonyl (C=O) groups is 1. The van der Waals surface area contributed by atoms with Crippen LogP contribution in [-0.4, -0.2) is 43.1 Å². The van der Waals surface area contributed by atoms with Crippen molar-refractivity contribution in [3.63, 3.8) is 0 Å². The number of nitrogens with zero attached hydrogens (tertiary/aromatic N) is 1. The molecule has 0 aromatic heterocycles. The molecule has 0 aromatic rings. The molecule has 0 unspecified atom stereocenters. The summed E-state index contributed by atoms with van der Waals surface area (Å²) in [6.07, 6.45) is 30.7. The number of hydrogen-bond donors (Lipinski definition) is 1. The molecule has 0 aromatic carbocycles. The molecule has 34 heavy (non-hydrogen) atoms. The summed E-state index contributed by atoms with van der Waals surface area (Å²) in [5.41, 5.74) is 0. The highest BCUT2D eigenvalue weighted by Gasteiger charge is 2.08. The number of hydrogen-bond acceptors (Lipinski definition) is 3. The largest absolute Gasteiger partial charge is 0.342 e. The lowest BCUT2D eigenvalue weighted by Crippen LogP contribution is -2.27. The zero-order valence-corrected chi connectivity index (χ0v) is 23.3. The minimum absolute atomic E-state index is 0.117. The molecule has 202 valence electrons. The van der Waals surface area contributed by atoms with Crippen LogP contribution in [0, 0.1) is 0 Å². The Morgan fingerprint density at radius 3 is 1.44 bits per heavy atom. The van der Waals surface area contributed by atoms with Crippen LogP contribution in [0.5, 0.6) is 0 Å². The molecule has 0 atom stereocenters. The lowest BCUT2D eigenvalue weighted by molar-refractivity contribution is -0.124. The van der Waals surface area contributed by atoms with Crippen molar-refractivity contribution in [2.75, 3.05) is 19.3 Å². The van der Waals surface area contributed by atoms with Crippen LogP contribution in [0.25, 0.3) is 0 Å². The molecule has 0 aliphatic heterocycles. The van der Waals surface area contributed by atoms with Crippen LogP contribution in [0.2, 0.25) is 0 Å². The van der Waals surface area contributed by atoms with E-state index in [1.165, 1.54) is 120 Å². The van der Waals surface area contributed by atoms with E-state index in [0.29, 0.717) is 6.54 Å². The Hall–Kier alpha value is -0.880. The van der Waals surface area contributed by atoms with Crippen molar-refractivity contribution < 1.29 is 17.8 Å². The Bertz CT molecular complexity index is 589. The third-order valence-corrected chi connectivity index (χ3v) is 7.31. The summed E-state index contributed by atoms with van der Waals surface area (Å²) in [6.45, 7) is 2.60. The van der Waals surface area contributed by atoms with Crippen molar-refractivity contribution >= 4 is 16.0 Å². The molecule has 0 rings (SSSR count). The molecule has 0 fully saturated rings. The van der Waals surface area contributed by atoms with Gasteiger partial charge in [0, 0.05) is 13.6 Å². The quantitative estimate of drug-likeness (QED) is 0.0779. The SMILES string of the molecule is CCCCCCCCCCCCCCCCCCCCC/C=C/C(=O)N(C)CCCS(=O)(=O)O. The first-order chi connectivity index (χ1) is 16.4. The van der Waals surface area contributed by atoms with Gasteiger partial charge < -0.3 is 4.90 Å². The number of rotatable bonds is 25. The predicted octanol–water partition coefficient (Wildman–Crippen LogP) is 8.10. The van der Waals surface area contributed by atoms with Gasteiger partial charge in [-0.1, -0.05) is 129 Å². The van der Waals surface area contributed by atoms with E-state index in [1.54, 1.807) is 13.1 Å². The summed E-state index contributed by atoms with van der Waals surface area (Å²) in [5, 5.41) is 0. The van der Waals surface area contributed by atoms with Gasteiger partial charge in [-0.15, -0.1) is 0 Å². The van der Waals surface area contributed by atoms with Crippen molar-refractivity contribution in [1.29, 1.82) is 0 Å². The van der Waals surface area contributed by atoms with Crippen LogP contribution < -0.4 is 0 Å². The van der Waals surface area contributed by atoms with Crippen molar-refractivity contribution in [2.45, 2.75) is 142 Å². The smallest absolute Gasteiger partial charge is 0.264 e. The Balaban J connectivity index is 3.32. The molecule has 0 radical (unpaired) electrons. The fraction of sp³-hybridized carbons (Fsp3) is 0.893. The molecule has 0 spiro atoms. The molecule has 0 aliphatic rings. The average Bonchev–Trinajstić information content (AvgIpc) is 2.79. The molecule has 0 heterocycles. The summed E-state index contributed by atoms with van der Waals surface area (Å²) in [6, 6.07) is 0. The van der Waals surface area contributed by atoms with E-state index in [0.717, 1.165) is 12.8 Å². The van der Waals surface area contributed by atoms with Gasteiger partial charge in [0.25, 0.3) is 10.1 Å². The van der Waals surface area contributed by atoms with Crippen LogP contribution in [0.15, 0.2) is 12.2 Å². The maximum Gasteiger partial charge on any atom is 0.264 e. The predicted molar refractivity (Wildman–Crippen MR) is 146 cm³/mol. The molecular weight excluding hydrogens is 446 g/mol. The molecule has 0 bridgehead atoms. The second-order valence-electron chi connectivity index (χ2n) is 9.95. The number of allylic oxidation sites excluding steroid dienone is 1. The molecular formula is C28H55NO4S. The van der Waals surface area contributed by atoms with E-state index >= 15 is 0 Å². The minimum Gasteiger partial charge on any atom is -0.342 e. The zero-order chi connectivity index (χ0) is 25.3. The van der Waals surface area contributed by atoms with E-state index in [-0.39, 0.29) is 18.1 Å². The van der Waals surface area contributed by atoms with Crippen LogP contribution in [-0.2, 0) is 14.9 Å². The normalized spacial score (nSPS) is 12.0. The van der Waals surface area contributed by atoms with Crippen LogP contribution in [0.4, 0.5) is 0 Å². The van der Waals surface area contributed by atoms with E-state index in [4.69, 9.17) is 4.55 Å². The lowest BCUT2D eigenvalue weighted by atomic mass is 10.0. The van der Waals surface area contributed by atoms with Gasteiger partial charge in [-0.25, -0.2) is 0 Å². The van der Waals surface area contributed by atoms with E-state index in [9.17, 15) is 13.2 Å². The van der Waals surface area contributed by atoms with Crippen LogP contribution in [0.1, 0.15) is 142 Å². The van der Waals surface area contributed by atoms with Crippen molar-refractivity contribution in [3.05, 3.63) is 12.2 Å². The Labute approximate surface area is 211 Å². The Morgan fingerprint density at radius 2 is 1.06 bits per heavy atom. The van der Waals surface area contributed by atoms with Gasteiger partial charge >= 0.3 is 0 Å². The first kappa shape index (κ1) is 33.1. The third-order valence-electron chi connectivity index (χ3n) is 6.51. The monoisotopic (exact) mass is 501 g/mol. The van der Waals surface area contributed by atoms with Crippen molar-refractivity contribution in [2.24, 2.45) is 0 Å². The minimum atomic E-state index is -3.95. The fourth-order valence-electron chi connectivity index (χ4n) is 4.25. The van der Waals surface area contributed by atoms with Crippen molar-refractivity contribution in [1.82, 2.24) is 4.90 Å². The maximum absolute atomic E-state index is 11.9. The summed E-state index contributed by atoms with van der Waals surface area (Å²) < 4.78 is 30.1. The van der Waals surface area contributed by atoms with Gasteiger partial charge in [0.05, 0.1) is 5.75 Å². The lowest BCUT2D eigenvalue weighted by Gasteiger charge is -2.14. The summed E-state index contributed by atoms with van der Waals surface area (Å²) in [4.78, 5) is 13.4. The highest BCUT2D eigenvalue weighted by molar-refractivity contribution is 7.85. The topological polar surface area (TPSA) is 74.7 Å². The number of carbonyl (C=O) groups excluding carboxylic acids is 1. The van der Waals surface area contributed by atoms with E-state index in [1.807, 2.05) is 6.08 Å².